The number of benzene rings is 3. The maximum absolute atomic E-state index is 2.34. The molecule has 3 aromatic carbocycles. The van der Waals surface area contributed by atoms with E-state index >= 15 is 0 Å². The van der Waals surface area contributed by atoms with Crippen LogP contribution in [0.2, 0.25) is 0 Å². The SMILES string of the molecule is c1cc2cc3c(ccc4cc5sccc5cc43)cc2s1. The second kappa shape index (κ2) is 3.81. The minimum atomic E-state index is 1.34. The molecule has 2 heterocycles. The van der Waals surface area contributed by atoms with Crippen LogP contribution in [0.1, 0.15) is 0 Å². The largest absolute Gasteiger partial charge is 0.144 e. The number of rotatable bonds is 0. The number of fused-ring (bicyclic) bond motifs is 5. The predicted octanol–water partition coefficient (Wildman–Crippen LogP) is 6.42. The number of hydrogen-bond donors (Lipinski definition) is 0. The van der Waals surface area contributed by atoms with Gasteiger partial charge in [0.1, 0.15) is 0 Å². The van der Waals surface area contributed by atoms with Crippen molar-refractivity contribution in [1.29, 1.82) is 0 Å². The third kappa shape index (κ3) is 1.41. The van der Waals surface area contributed by atoms with Crippen LogP contribution in [0, 0.1) is 0 Å². The molecule has 2 heteroatoms. The molecule has 0 saturated heterocycles. The zero-order valence-electron chi connectivity index (χ0n) is 10.6. The fourth-order valence-corrected chi connectivity index (χ4v) is 4.61. The molecule has 0 aliphatic rings. The van der Waals surface area contributed by atoms with Gasteiger partial charge in [-0.25, -0.2) is 0 Å². The minimum Gasteiger partial charge on any atom is -0.144 e. The van der Waals surface area contributed by atoms with Crippen molar-refractivity contribution in [1.82, 2.24) is 0 Å². The second-order valence-corrected chi connectivity index (χ2v) is 7.02. The van der Waals surface area contributed by atoms with Gasteiger partial charge in [0.2, 0.25) is 0 Å². The van der Waals surface area contributed by atoms with Crippen molar-refractivity contribution in [2.75, 3.05) is 0 Å². The number of hydrogen-bond acceptors (Lipinski definition) is 2. The van der Waals surface area contributed by atoms with E-state index in [4.69, 9.17) is 0 Å². The van der Waals surface area contributed by atoms with E-state index in [9.17, 15) is 0 Å². The van der Waals surface area contributed by atoms with Crippen LogP contribution in [-0.2, 0) is 0 Å². The summed E-state index contributed by atoms with van der Waals surface area (Å²) < 4.78 is 2.74. The molecule has 0 N–H and O–H groups in total. The van der Waals surface area contributed by atoms with Crippen molar-refractivity contribution in [2.45, 2.75) is 0 Å². The summed E-state index contributed by atoms with van der Waals surface area (Å²) in [6, 6.07) is 18.2. The van der Waals surface area contributed by atoms with Crippen LogP contribution in [0.3, 0.4) is 0 Å². The van der Waals surface area contributed by atoms with Gasteiger partial charge in [-0.3, -0.25) is 0 Å². The quantitative estimate of drug-likeness (QED) is 0.289. The van der Waals surface area contributed by atoms with Gasteiger partial charge in [0.05, 0.1) is 0 Å². The predicted molar refractivity (Wildman–Crippen MR) is 92.2 cm³/mol. The molecule has 0 radical (unpaired) electrons. The Kier molecular flexibility index (Phi) is 2.07. The summed E-state index contributed by atoms with van der Waals surface area (Å²) in [6.45, 7) is 0. The van der Waals surface area contributed by atoms with E-state index in [2.05, 4.69) is 59.3 Å². The zero-order valence-corrected chi connectivity index (χ0v) is 12.2. The van der Waals surface area contributed by atoms with E-state index in [-0.39, 0.29) is 0 Å². The molecule has 0 aliphatic carbocycles. The van der Waals surface area contributed by atoms with Gasteiger partial charge in [-0.2, -0.15) is 0 Å². The summed E-state index contributed by atoms with van der Waals surface area (Å²) in [6.07, 6.45) is 0. The van der Waals surface area contributed by atoms with Crippen molar-refractivity contribution in [3.05, 3.63) is 59.3 Å². The molecule has 0 spiro atoms. The normalized spacial score (nSPS) is 12.0. The van der Waals surface area contributed by atoms with Crippen LogP contribution in [0.5, 0.6) is 0 Å². The second-order valence-electron chi connectivity index (χ2n) is 5.13. The highest BCUT2D eigenvalue weighted by Gasteiger charge is 2.05. The van der Waals surface area contributed by atoms with Gasteiger partial charge in [0.15, 0.2) is 0 Å². The third-order valence-electron chi connectivity index (χ3n) is 3.98. The van der Waals surface area contributed by atoms with Gasteiger partial charge in [-0.1, -0.05) is 12.1 Å². The summed E-state index contributed by atoms with van der Waals surface area (Å²) in [5.41, 5.74) is 0. The maximum Gasteiger partial charge on any atom is 0.0349 e. The molecule has 0 unspecified atom stereocenters. The van der Waals surface area contributed by atoms with Crippen LogP contribution >= 0.6 is 22.7 Å². The Morgan fingerprint density at radius 1 is 0.500 bits per heavy atom. The Morgan fingerprint density at radius 2 is 1.00 bits per heavy atom. The van der Waals surface area contributed by atoms with Crippen LogP contribution in [0.15, 0.2) is 59.3 Å². The van der Waals surface area contributed by atoms with E-state index in [0.29, 0.717) is 0 Å². The lowest BCUT2D eigenvalue weighted by atomic mass is 10.00. The fourth-order valence-electron chi connectivity index (χ4n) is 2.97. The summed E-state index contributed by atoms with van der Waals surface area (Å²) in [7, 11) is 0. The molecule has 0 atom stereocenters. The molecular formula is C18H10S2. The van der Waals surface area contributed by atoms with Crippen LogP contribution in [0.4, 0.5) is 0 Å². The third-order valence-corrected chi connectivity index (χ3v) is 5.74. The monoisotopic (exact) mass is 290 g/mol. The smallest absolute Gasteiger partial charge is 0.0349 e. The molecule has 0 bridgehead atoms. The highest BCUT2D eigenvalue weighted by molar-refractivity contribution is 7.17. The molecule has 0 fully saturated rings. The Morgan fingerprint density at radius 3 is 1.50 bits per heavy atom. The Hall–Kier alpha value is -1.90. The van der Waals surface area contributed by atoms with Crippen LogP contribution in [0.25, 0.3) is 41.7 Å². The van der Waals surface area contributed by atoms with Crippen molar-refractivity contribution >= 4 is 64.4 Å². The van der Waals surface area contributed by atoms with E-state index < -0.39 is 0 Å². The minimum absolute atomic E-state index is 1.34. The van der Waals surface area contributed by atoms with Crippen molar-refractivity contribution < 1.29 is 0 Å². The highest BCUT2D eigenvalue weighted by atomic mass is 32.1. The molecule has 0 amide bonds. The van der Waals surface area contributed by atoms with E-state index in [1.165, 1.54) is 41.7 Å². The van der Waals surface area contributed by atoms with Crippen molar-refractivity contribution in [3.8, 4) is 0 Å². The summed E-state index contributed by atoms with van der Waals surface area (Å²) in [4.78, 5) is 0. The topological polar surface area (TPSA) is 0 Å². The van der Waals surface area contributed by atoms with Gasteiger partial charge >= 0.3 is 0 Å². The standard InChI is InChI=1S/C18H10S2/c1-2-12-10-18-14(4-6-20-18)8-16(12)15-7-13-3-5-19-17(13)9-11(1)15/h1-10H. The molecule has 5 aromatic rings. The van der Waals surface area contributed by atoms with E-state index in [0.717, 1.165) is 0 Å². The fraction of sp³-hybridized carbons (Fsp3) is 0. The molecule has 2 aromatic heterocycles. The van der Waals surface area contributed by atoms with E-state index in [1.54, 1.807) is 0 Å². The first kappa shape index (κ1) is 10.8. The highest BCUT2D eigenvalue weighted by Crippen LogP contribution is 2.34. The average molecular weight is 290 g/mol. The first-order valence-electron chi connectivity index (χ1n) is 6.59. The Balaban J connectivity index is 2.06. The lowest BCUT2D eigenvalue weighted by molar-refractivity contribution is 1.89. The summed E-state index contributed by atoms with van der Waals surface area (Å²) in [5.74, 6) is 0. The van der Waals surface area contributed by atoms with Crippen LogP contribution in [-0.4, -0.2) is 0 Å². The van der Waals surface area contributed by atoms with Crippen molar-refractivity contribution in [2.24, 2.45) is 0 Å². The molecular weight excluding hydrogens is 280 g/mol. The van der Waals surface area contributed by atoms with Gasteiger partial charge in [-0.15, -0.1) is 22.7 Å². The van der Waals surface area contributed by atoms with Crippen molar-refractivity contribution in [3.63, 3.8) is 0 Å². The Labute approximate surface area is 123 Å². The molecule has 94 valence electrons. The summed E-state index contributed by atoms with van der Waals surface area (Å²) >= 11 is 3.63. The molecule has 20 heavy (non-hydrogen) atoms. The van der Waals surface area contributed by atoms with E-state index in [1.807, 2.05) is 22.7 Å². The number of thiophene rings is 2. The van der Waals surface area contributed by atoms with Crippen LogP contribution < -0.4 is 0 Å². The molecule has 0 saturated carbocycles. The first-order chi connectivity index (χ1) is 9.88. The molecule has 5 rings (SSSR count). The lowest BCUT2D eigenvalue weighted by Gasteiger charge is -2.05. The molecule has 0 aliphatic heterocycles. The zero-order chi connectivity index (χ0) is 13.1. The summed E-state index contributed by atoms with van der Waals surface area (Å²) in [5, 5.41) is 12.4. The molecule has 0 nitrogen and oxygen atoms in total. The maximum atomic E-state index is 2.34. The van der Waals surface area contributed by atoms with Gasteiger partial charge in [-0.05, 0) is 79.5 Å². The van der Waals surface area contributed by atoms with Gasteiger partial charge in [0, 0.05) is 9.40 Å². The van der Waals surface area contributed by atoms with Gasteiger partial charge < -0.3 is 0 Å². The lowest BCUT2D eigenvalue weighted by Crippen LogP contribution is -1.78. The Bertz CT molecular complexity index is 1010. The average Bonchev–Trinajstić information content (AvgIpc) is 3.10. The van der Waals surface area contributed by atoms with Gasteiger partial charge in [0.25, 0.3) is 0 Å². The first-order valence-corrected chi connectivity index (χ1v) is 8.35.